The Kier molecular flexibility index (Phi) is 5.51. The van der Waals surface area contributed by atoms with E-state index in [9.17, 15) is 18.0 Å². The third kappa shape index (κ3) is 4.20. The maximum Gasteiger partial charge on any atom is 0.406 e. The van der Waals surface area contributed by atoms with E-state index in [2.05, 4.69) is 25.5 Å². The van der Waals surface area contributed by atoms with Crippen LogP contribution in [0.15, 0.2) is 0 Å². The molecule has 4 nitrogen and oxygen atoms in total. The summed E-state index contributed by atoms with van der Waals surface area (Å²) in [5, 5.41) is 4.00. The van der Waals surface area contributed by atoms with Gasteiger partial charge in [0.2, 0.25) is 0 Å². The fourth-order valence-electron chi connectivity index (χ4n) is 1.32. The number of halogens is 4. The van der Waals surface area contributed by atoms with Crippen molar-refractivity contribution in [2.75, 3.05) is 18.4 Å². The molecule has 1 rings (SSSR count). The van der Waals surface area contributed by atoms with E-state index in [0.29, 0.717) is 12.1 Å². The zero-order chi connectivity index (χ0) is 13.8. The van der Waals surface area contributed by atoms with Crippen molar-refractivity contribution in [1.82, 2.24) is 14.5 Å². The summed E-state index contributed by atoms with van der Waals surface area (Å²) >= 11 is 3.86. The van der Waals surface area contributed by atoms with Gasteiger partial charge < -0.3 is 4.90 Å². The highest BCUT2D eigenvalue weighted by Crippen LogP contribution is 2.20. The van der Waals surface area contributed by atoms with Crippen molar-refractivity contribution < 1.29 is 18.0 Å². The first kappa shape index (κ1) is 15.4. The lowest BCUT2D eigenvalue weighted by molar-refractivity contribution is -0.140. The zero-order valence-electron chi connectivity index (χ0n) is 9.50. The van der Waals surface area contributed by atoms with Crippen molar-refractivity contribution in [3.63, 3.8) is 0 Å². The summed E-state index contributed by atoms with van der Waals surface area (Å²) in [7, 11) is 0. The van der Waals surface area contributed by atoms with E-state index in [1.165, 1.54) is 0 Å². The lowest BCUT2D eigenvalue weighted by Crippen LogP contribution is -2.40. The predicted molar refractivity (Wildman–Crippen MR) is 65.0 cm³/mol. The van der Waals surface area contributed by atoms with Crippen LogP contribution in [-0.4, -0.2) is 45.0 Å². The minimum absolute atomic E-state index is 0.0145. The maximum atomic E-state index is 12.4. The van der Waals surface area contributed by atoms with E-state index >= 15 is 0 Å². The minimum Gasteiger partial charge on any atom is -0.328 e. The quantitative estimate of drug-likeness (QED) is 0.770. The van der Waals surface area contributed by atoms with Crippen LogP contribution < -0.4 is 0 Å². The molecule has 18 heavy (non-hydrogen) atoms. The van der Waals surface area contributed by atoms with Gasteiger partial charge in [-0.2, -0.15) is 13.2 Å². The number of alkyl halides is 4. The second kappa shape index (κ2) is 6.46. The number of hydrogen-bond donors (Lipinski definition) is 0. The van der Waals surface area contributed by atoms with Gasteiger partial charge in [0, 0.05) is 11.9 Å². The number of aryl methyl sites for hydroxylation is 1. The highest BCUT2D eigenvalue weighted by atomic mass is 79.9. The standard InChI is InChI=1S/C9H11BrF3N3OS/c1-2-6-7(18-15-14-6)8(17)16(4-3-10)5-9(11,12)13/h2-5H2,1H3. The van der Waals surface area contributed by atoms with Crippen LogP contribution in [0, 0.1) is 0 Å². The summed E-state index contributed by atoms with van der Waals surface area (Å²) in [6.45, 7) is 0.490. The average molecular weight is 346 g/mol. The Labute approximate surface area is 114 Å². The molecular weight excluding hydrogens is 335 g/mol. The molecule has 102 valence electrons. The van der Waals surface area contributed by atoms with Gasteiger partial charge in [-0.3, -0.25) is 4.79 Å². The molecule has 0 spiro atoms. The second-order valence-corrected chi connectivity index (χ2v) is 4.98. The third-order valence-corrected chi connectivity index (χ3v) is 3.21. The Morgan fingerprint density at radius 1 is 1.50 bits per heavy atom. The van der Waals surface area contributed by atoms with Crippen molar-refractivity contribution in [2.45, 2.75) is 19.5 Å². The molecule has 0 N–H and O–H groups in total. The molecule has 0 atom stereocenters. The zero-order valence-corrected chi connectivity index (χ0v) is 11.9. The van der Waals surface area contributed by atoms with Gasteiger partial charge in [-0.25, -0.2) is 0 Å². The number of amides is 1. The molecule has 0 aliphatic carbocycles. The first-order chi connectivity index (χ1) is 8.39. The summed E-state index contributed by atoms with van der Waals surface area (Å²) in [5.41, 5.74) is 0.437. The topological polar surface area (TPSA) is 46.1 Å². The lowest BCUT2D eigenvalue weighted by atomic mass is 10.2. The Morgan fingerprint density at radius 3 is 2.67 bits per heavy atom. The summed E-state index contributed by atoms with van der Waals surface area (Å²) in [5.74, 6) is -0.668. The van der Waals surface area contributed by atoms with Gasteiger partial charge in [-0.05, 0) is 18.0 Å². The van der Waals surface area contributed by atoms with Gasteiger partial charge in [-0.1, -0.05) is 27.3 Å². The summed E-state index contributed by atoms with van der Waals surface area (Å²) in [4.78, 5) is 12.9. The van der Waals surface area contributed by atoms with E-state index < -0.39 is 18.6 Å². The molecule has 0 aliphatic rings. The van der Waals surface area contributed by atoms with Crippen LogP contribution in [-0.2, 0) is 6.42 Å². The van der Waals surface area contributed by atoms with Gasteiger partial charge in [0.25, 0.3) is 5.91 Å². The monoisotopic (exact) mass is 345 g/mol. The second-order valence-electron chi connectivity index (χ2n) is 3.43. The SMILES string of the molecule is CCc1nnsc1C(=O)N(CCBr)CC(F)(F)F. The molecular formula is C9H11BrF3N3OS. The Hall–Kier alpha value is -0.700. The largest absolute Gasteiger partial charge is 0.406 e. The van der Waals surface area contributed by atoms with E-state index in [1.54, 1.807) is 6.92 Å². The van der Waals surface area contributed by atoms with Crippen LogP contribution in [0.5, 0.6) is 0 Å². The van der Waals surface area contributed by atoms with Crippen LogP contribution in [0.3, 0.4) is 0 Å². The molecule has 1 aromatic rings. The molecule has 0 bridgehead atoms. The molecule has 0 aromatic carbocycles. The molecule has 0 fully saturated rings. The van der Waals surface area contributed by atoms with E-state index in [1.807, 2.05) is 0 Å². The third-order valence-electron chi connectivity index (χ3n) is 2.10. The van der Waals surface area contributed by atoms with Crippen LogP contribution in [0.25, 0.3) is 0 Å². The fraction of sp³-hybridized carbons (Fsp3) is 0.667. The van der Waals surface area contributed by atoms with Crippen molar-refractivity contribution in [1.29, 1.82) is 0 Å². The number of rotatable bonds is 5. The Bertz CT molecular complexity index is 410. The predicted octanol–water partition coefficient (Wildman–Crippen LogP) is 2.50. The maximum absolute atomic E-state index is 12.4. The summed E-state index contributed by atoms with van der Waals surface area (Å²) in [6.07, 6.45) is -3.95. The summed E-state index contributed by atoms with van der Waals surface area (Å²) in [6, 6.07) is 0. The molecule has 1 heterocycles. The molecule has 0 saturated heterocycles. The average Bonchev–Trinajstić information content (AvgIpc) is 2.73. The molecule has 0 radical (unpaired) electrons. The Morgan fingerprint density at radius 2 is 2.17 bits per heavy atom. The number of aromatic nitrogens is 2. The fourth-order valence-corrected chi connectivity index (χ4v) is 2.46. The number of nitrogens with zero attached hydrogens (tertiary/aromatic N) is 3. The smallest absolute Gasteiger partial charge is 0.328 e. The van der Waals surface area contributed by atoms with Crippen LogP contribution in [0.4, 0.5) is 13.2 Å². The van der Waals surface area contributed by atoms with Gasteiger partial charge in [0.05, 0.1) is 5.69 Å². The first-order valence-electron chi connectivity index (χ1n) is 5.12. The number of carbonyl (C=O) groups excluding carboxylic acids is 1. The van der Waals surface area contributed by atoms with Crippen LogP contribution >= 0.6 is 27.5 Å². The van der Waals surface area contributed by atoms with Crippen molar-refractivity contribution in [3.8, 4) is 0 Å². The molecule has 0 saturated carbocycles. The van der Waals surface area contributed by atoms with Crippen molar-refractivity contribution in [2.24, 2.45) is 0 Å². The molecule has 1 amide bonds. The van der Waals surface area contributed by atoms with Gasteiger partial charge in [-0.15, -0.1) is 5.10 Å². The van der Waals surface area contributed by atoms with Gasteiger partial charge in [0.1, 0.15) is 11.4 Å². The van der Waals surface area contributed by atoms with Gasteiger partial charge >= 0.3 is 6.18 Å². The van der Waals surface area contributed by atoms with E-state index in [-0.39, 0.29) is 16.8 Å². The number of carbonyl (C=O) groups is 1. The van der Waals surface area contributed by atoms with Gasteiger partial charge in [0.15, 0.2) is 0 Å². The van der Waals surface area contributed by atoms with Crippen LogP contribution in [0.2, 0.25) is 0 Å². The lowest BCUT2D eigenvalue weighted by Gasteiger charge is -2.22. The molecule has 0 aliphatic heterocycles. The van der Waals surface area contributed by atoms with Crippen LogP contribution in [0.1, 0.15) is 22.3 Å². The van der Waals surface area contributed by atoms with Crippen molar-refractivity contribution >= 4 is 33.4 Å². The van der Waals surface area contributed by atoms with E-state index in [0.717, 1.165) is 16.4 Å². The Balaban J connectivity index is 2.89. The van der Waals surface area contributed by atoms with E-state index in [4.69, 9.17) is 0 Å². The first-order valence-corrected chi connectivity index (χ1v) is 7.01. The number of hydrogen-bond acceptors (Lipinski definition) is 4. The van der Waals surface area contributed by atoms with Crippen molar-refractivity contribution in [3.05, 3.63) is 10.6 Å². The highest BCUT2D eigenvalue weighted by Gasteiger charge is 2.34. The molecule has 9 heteroatoms. The summed E-state index contributed by atoms with van der Waals surface area (Å²) < 4.78 is 40.7. The minimum atomic E-state index is -4.41. The normalized spacial score (nSPS) is 11.6. The molecule has 1 aromatic heterocycles. The molecule has 0 unspecified atom stereocenters. The highest BCUT2D eigenvalue weighted by molar-refractivity contribution is 9.09.